The summed E-state index contributed by atoms with van der Waals surface area (Å²) in [6.45, 7) is 0. The largest absolute Gasteiger partial charge is 1.00 e. The van der Waals surface area contributed by atoms with Crippen LogP contribution in [-0.2, 0) is 19.2 Å². The van der Waals surface area contributed by atoms with Crippen molar-refractivity contribution >= 4 is 68.7 Å². The van der Waals surface area contributed by atoms with E-state index in [4.69, 9.17) is 10.6 Å². The minimum Gasteiger partial charge on any atom is -0.839 e. The molecule has 3 aliphatic heterocycles. The van der Waals surface area contributed by atoms with Crippen LogP contribution in [0.15, 0.2) is 26.8 Å². The number of amidine groups is 1. The van der Waals surface area contributed by atoms with Gasteiger partial charge in [-0.05, 0) is 18.0 Å². The van der Waals surface area contributed by atoms with Crippen LogP contribution in [0.4, 0.5) is 5.13 Å². The Morgan fingerprint density at radius 1 is 1.42 bits per heavy atom. The first kappa shape index (κ1) is 33.3. The molecule has 2 amide bonds. The van der Waals surface area contributed by atoms with Crippen LogP contribution in [0.5, 0.6) is 0 Å². The fourth-order valence-electron chi connectivity index (χ4n) is 3.55. The van der Waals surface area contributed by atoms with Gasteiger partial charge in [-0.2, -0.15) is 0 Å². The minimum absolute atomic E-state index is 0. The number of carboxylic acids is 1. The number of carboxylic acid groups (broad SMARTS) is 1. The van der Waals surface area contributed by atoms with Crippen molar-refractivity contribution in [1.29, 1.82) is 0 Å². The van der Waals surface area contributed by atoms with Crippen molar-refractivity contribution in [2.45, 2.75) is 23.9 Å². The first-order valence-corrected chi connectivity index (χ1v) is 13.1. The normalized spacial score (nSPS) is 24.9. The summed E-state index contributed by atoms with van der Waals surface area (Å²) in [6.07, 6.45) is -3.34. The molecular formula is C18H20N8Na2O7S3. The van der Waals surface area contributed by atoms with Crippen LogP contribution in [0.3, 0.4) is 0 Å². The molecular weight excluding hydrogens is 582 g/mol. The molecule has 194 valence electrons. The molecule has 1 aromatic heterocycles. The second-order valence-corrected chi connectivity index (χ2v) is 10.4. The number of hydrogen-bond acceptors (Lipinski definition) is 15. The average Bonchev–Trinajstić information content (AvgIpc) is 3.27. The van der Waals surface area contributed by atoms with E-state index in [2.05, 4.69) is 25.9 Å². The van der Waals surface area contributed by atoms with Gasteiger partial charge in [0.1, 0.15) is 29.9 Å². The van der Waals surface area contributed by atoms with Gasteiger partial charge in [-0.1, -0.05) is 16.9 Å². The number of rotatable bonds is 7. The summed E-state index contributed by atoms with van der Waals surface area (Å²) in [5.41, 5.74) is 8.31. The van der Waals surface area contributed by atoms with E-state index >= 15 is 0 Å². The number of thioether (sulfide) groups is 2. The monoisotopic (exact) mass is 602 g/mol. The summed E-state index contributed by atoms with van der Waals surface area (Å²) in [4.78, 5) is 51.5. The van der Waals surface area contributed by atoms with Crippen LogP contribution >= 0.6 is 34.9 Å². The Labute approximate surface area is 273 Å². The first-order valence-electron chi connectivity index (χ1n) is 10.2. The number of carbonyl (C=O) groups is 3. The number of aliphatic carboxylic acids is 1. The molecule has 4 rings (SSSR count). The van der Waals surface area contributed by atoms with E-state index in [9.17, 15) is 29.7 Å². The van der Waals surface area contributed by atoms with Gasteiger partial charge in [0.2, 0.25) is 0 Å². The molecule has 0 bridgehead atoms. The van der Waals surface area contributed by atoms with Crippen molar-refractivity contribution in [3.63, 3.8) is 0 Å². The summed E-state index contributed by atoms with van der Waals surface area (Å²) >= 11 is 3.46. The Bertz CT molecular complexity index is 1180. The molecule has 0 radical (unpaired) electrons. The second kappa shape index (κ2) is 14.1. The summed E-state index contributed by atoms with van der Waals surface area (Å²) in [5, 5.41) is 41.9. The van der Waals surface area contributed by atoms with Crippen LogP contribution in [0.1, 0.15) is 5.69 Å². The molecule has 1 saturated heterocycles. The van der Waals surface area contributed by atoms with E-state index in [-0.39, 0.29) is 98.0 Å². The van der Waals surface area contributed by atoms with E-state index in [1.165, 1.54) is 36.3 Å². The molecule has 1 aromatic rings. The zero-order valence-corrected chi connectivity index (χ0v) is 27.2. The summed E-state index contributed by atoms with van der Waals surface area (Å²) in [7, 11) is 2.77. The maximum atomic E-state index is 12.9. The number of carbonyl (C=O) groups excluding carboxylic acids is 2. The molecule has 38 heavy (non-hydrogen) atoms. The second-order valence-electron chi connectivity index (χ2n) is 7.51. The van der Waals surface area contributed by atoms with E-state index in [0.29, 0.717) is 5.57 Å². The van der Waals surface area contributed by atoms with Crippen LogP contribution in [0.2, 0.25) is 0 Å². The minimum atomic E-state index is -1.73. The Morgan fingerprint density at radius 2 is 2.13 bits per heavy atom. The summed E-state index contributed by atoms with van der Waals surface area (Å²) < 4.78 is 0. The van der Waals surface area contributed by atoms with Gasteiger partial charge in [0.15, 0.2) is 16.0 Å². The number of anilines is 1. The van der Waals surface area contributed by atoms with Crippen molar-refractivity contribution in [2.75, 3.05) is 31.4 Å². The SMILES string of the molecule is CO/N=C(/C(=O)N[C@@H]1C(=O)N2C(C(=O)O)=C(CSC3=NC([O-])C([O-])NN3C)CS[C@H]12)c1csc(N)n1.[Na+].[Na+]. The van der Waals surface area contributed by atoms with Gasteiger partial charge in [-0.3, -0.25) is 24.5 Å². The first-order chi connectivity index (χ1) is 17.1. The topological polar surface area (TPSA) is 221 Å². The molecule has 15 nitrogen and oxygen atoms in total. The predicted molar refractivity (Wildman–Crippen MR) is 128 cm³/mol. The zero-order valence-electron chi connectivity index (χ0n) is 20.7. The quantitative estimate of drug-likeness (QED) is 0.0987. The van der Waals surface area contributed by atoms with Gasteiger partial charge in [0.05, 0.1) is 0 Å². The van der Waals surface area contributed by atoms with Crippen molar-refractivity contribution in [3.05, 3.63) is 22.3 Å². The van der Waals surface area contributed by atoms with Gasteiger partial charge in [0, 0.05) is 23.9 Å². The number of nitrogens with zero attached hydrogens (tertiary/aromatic N) is 5. The number of fused-ring (bicyclic) bond motifs is 1. The zero-order chi connectivity index (χ0) is 26.1. The van der Waals surface area contributed by atoms with E-state index in [0.717, 1.165) is 28.0 Å². The van der Waals surface area contributed by atoms with E-state index < -0.39 is 41.7 Å². The molecule has 0 aromatic carbocycles. The Balaban J connectivity index is 0.00000253. The number of aliphatic imine (C=N–C) groups is 1. The fraction of sp³-hybridized carbons (Fsp3) is 0.444. The fourth-order valence-corrected chi connectivity index (χ4v) is 6.54. The van der Waals surface area contributed by atoms with Gasteiger partial charge < -0.3 is 31.2 Å². The van der Waals surface area contributed by atoms with Crippen molar-refractivity contribution in [2.24, 2.45) is 10.1 Å². The average molecular weight is 603 g/mol. The number of nitrogens with two attached hydrogens (primary N) is 1. The number of nitrogen functional groups attached to an aromatic ring is 1. The number of aromatic nitrogens is 1. The molecule has 20 heteroatoms. The maximum Gasteiger partial charge on any atom is 1.00 e. The number of hydrogen-bond donors (Lipinski definition) is 4. The number of hydrazine groups is 1. The van der Waals surface area contributed by atoms with E-state index in [1.54, 1.807) is 0 Å². The van der Waals surface area contributed by atoms with Gasteiger partial charge in [-0.25, -0.2) is 15.2 Å². The number of oxime groups is 1. The molecule has 0 saturated carbocycles. The van der Waals surface area contributed by atoms with E-state index in [1.807, 2.05) is 0 Å². The Hall–Kier alpha value is -0.900. The van der Waals surface area contributed by atoms with Crippen LogP contribution in [0.25, 0.3) is 0 Å². The summed E-state index contributed by atoms with van der Waals surface area (Å²) in [6, 6.07) is -0.989. The van der Waals surface area contributed by atoms with Crippen molar-refractivity contribution in [1.82, 2.24) is 25.6 Å². The van der Waals surface area contributed by atoms with Gasteiger partial charge >= 0.3 is 65.1 Å². The molecule has 0 spiro atoms. The summed E-state index contributed by atoms with van der Waals surface area (Å²) in [5.74, 6) is -2.24. The third-order valence-electron chi connectivity index (χ3n) is 5.18. The third kappa shape index (κ3) is 6.87. The molecule has 4 heterocycles. The van der Waals surface area contributed by atoms with Gasteiger partial charge in [0.25, 0.3) is 11.8 Å². The van der Waals surface area contributed by atoms with Crippen molar-refractivity contribution in [3.8, 4) is 0 Å². The third-order valence-corrected chi connectivity index (χ3v) is 8.32. The molecule has 1 fully saturated rings. The van der Waals surface area contributed by atoms with Crippen LogP contribution < -0.4 is 85.8 Å². The smallest absolute Gasteiger partial charge is 0.839 e. The molecule has 0 aliphatic carbocycles. The van der Waals surface area contributed by atoms with Crippen LogP contribution in [0, 0.1) is 0 Å². The van der Waals surface area contributed by atoms with Crippen molar-refractivity contribution < 1.29 is 93.7 Å². The Kier molecular flexibility index (Phi) is 12.4. The number of β-lactam (4-membered cyclic amide) rings is 1. The number of nitrogens with one attached hydrogen (secondary N) is 2. The molecule has 4 atom stereocenters. The van der Waals surface area contributed by atoms with Crippen LogP contribution in [-0.4, -0.2) is 98.2 Å². The predicted octanol–water partition coefficient (Wildman–Crippen LogP) is -9.27. The molecule has 5 N–H and O–H groups in total. The maximum absolute atomic E-state index is 12.9. The standard InChI is InChI=1S/C18H20N8O7S3.2Na/c1-25-18(22-12(28)13(29)23-25)36-4-6-3-34-15-9(14(30)26(15)10(6)16(31)32)21-11(27)8(24-33-2)7-5-35-17(19)20-7;;/h5,9,12-13,15,23H,3-4H2,1-2H3,(H2,19,20)(H,21,27)(H,31,32);;/q-2;2*+1/b24-8+;;/t9-,12?,13?,15-;;/m1../s1. The number of amides is 2. The number of thiazole rings is 1. The Morgan fingerprint density at radius 3 is 2.74 bits per heavy atom. The van der Waals surface area contributed by atoms with Gasteiger partial charge in [-0.15, -0.1) is 23.1 Å². The molecule has 2 unspecified atom stereocenters. The molecule has 3 aliphatic rings.